The molecule has 2 saturated heterocycles. The Morgan fingerprint density at radius 3 is 2.49 bits per heavy atom. The number of hydrogen-bond donors (Lipinski definition) is 0. The first kappa shape index (κ1) is 29.5. The van der Waals surface area contributed by atoms with Crippen molar-refractivity contribution in [1.82, 2.24) is 24.7 Å². The monoisotopic (exact) mass is 587 g/mol. The summed E-state index contributed by atoms with van der Waals surface area (Å²) < 4.78 is 36.0. The Morgan fingerprint density at radius 1 is 1.02 bits per heavy atom. The summed E-state index contributed by atoms with van der Waals surface area (Å²) in [5.41, 5.74) is 4.94. The molecule has 2 fully saturated rings. The van der Waals surface area contributed by atoms with Gasteiger partial charge in [0.25, 0.3) is 0 Å². The van der Waals surface area contributed by atoms with Crippen LogP contribution in [0.25, 0.3) is 27.7 Å². The van der Waals surface area contributed by atoms with Crippen molar-refractivity contribution in [3.63, 3.8) is 0 Å². The van der Waals surface area contributed by atoms with Gasteiger partial charge >= 0.3 is 0 Å². The molecule has 0 radical (unpaired) electrons. The van der Waals surface area contributed by atoms with Gasteiger partial charge in [-0.25, -0.2) is 13.8 Å². The number of nitrogens with zero attached hydrogens (tertiary/aromatic N) is 5. The van der Waals surface area contributed by atoms with E-state index in [4.69, 9.17) is 9.72 Å². The zero-order valence-electron chi connectivity index (χ0n) is 25.0. The summed E-state index contributed by atoms with van der Waals surface area (Å²) in [5.74, 6) is -1.10. The lowest BCUT2D eigenvalue weighted by Gasteiger charge is -2.36. The van der Waals surface area contributed by atoms with Crippen LogP contribution in [0.5, 0.6) is 0 Å². The van der Waals surface area contributed by atoms with Crippen molar-refractivity contribution in [1.29, 1.82) is 0 Å². The van der Waals surface area contributed by atoms with Gasteiger partial charge in [-0.15, -0.1) is 0 Å². The molecular weight excluding hydrogens is 548 g/mol. The van der Waals surface area contributed by atoms with Crippen LogP contribution in [0.3, 0.4) is 0 Å². The Balaban J connectivity index is 1.26. The predicted molar refractivity (Wildman–Crippen MR) is 164 cm³/mol. The predicted octanol–water partition coefficient (Wildman–Crippen LogP) is 5.31. The molecule has 9 heteroatoms. The van der Waals surface area contributed by atoms with Crippen molar-refractivity contribution >= 4 is 22.5 Å². The highest BCUT2D eigenvalue weighted by Crippen LogP contribution is 2.33. The number of aromatic nitrogens is 2. The van der Waals surface area contributed by atoms with Gasteiger partial charge in [-0.1, -0.05) is 36.8 Å². The minimum Gasteiger partial charge on any atom is -0.379 e. The van der Waals surface area contributed by atoms with Gasteiger partial charge in [-0.2, -0.15) is 0 Å². The summed E-state index contributed by atoms with van der Waals surface area (Å²) in [6.07, 6.45) is 7.40. The zero-order valence-corrected chi connectivity index (χ0v) is 25.0. The number of likely N-dealkylation sites (N-methyl/N-ethyl adjacent to an activating group) is 1. The second-order valence-corrected chi connectivity index (χ2v) is 11.7. The normalized spacial score (nSPS) is 20.6. The van der Waals surface area contributed by atoms with Crippen LogP contribution in [0, 0.1) is 17.6 Å². The number of ether oxygens (including phenoxy) is 1. The molecule has 0 spiro atoms. The number of carbonyl (C=O) groups is 1. The number of para-hydroxylation sites is 1. The van der Waals surface area contributed by atoms with Gasteiger partial charge in [0, 0.05) is 56.9 Å². The number of allylic oxidation sites excluding steroid dienone is 3. The van der Waals surface area contributed by atoms with Gasteiger partial charge in [0.2, 0.25) is 5.91 Å². The third kappa shape index (κ3) is 6.39. The van der Waals surface area contributed by atoms with Crippen molar-refractivity contribution in [3.05, 3.63) is 77.1 Å². The number of halogens is 2. The van der Waals surface area contributed by atoms with E-state index < -0.39 is 11.6 Å². The number of amides is 1. The van der Waals surface area contributed by atoms with Gasteiger partial charge in [0.15, 0.2) is 0 Å². The van der Waals surface area contributed by atoms with Gasteiger partial charge < -0.3 is 14.5 Å². The highest BCUT2D eigenvalue weighted by atomic mass is 19.1. The second kappa shape index (κ2) is 13.0. The van der Waals surface area contributed by atoms with E-state index in [-0.39, 0.29) is 23.9 Å². The van der Waals surface area contributed by atoms with E-state index in [1.165, 1.54) is 12.1 Å². The summed E-state index contributed by atoms with van der Waals surface area (Å²) >= 11 is 0. The van der Waals surface area contributed by atoms with E-state index in [2.05, 4.69) is 29.0 Å². The van der Waals surface area contributed by atoms with Crippen molar-refractivity contribution in [2.45, 2.75) is 33.2 Å². The van der Waals surface area contributed by atoms with Crippen LogP contribution >= 0.6 is 0 Å². The summed E-state index contributed by atoms with van der Waals surface area (Å²) in [6, 6.07) is 8.30. The molecule has 1 aliphatic carbocycles. The molecule has 226 valence electrons. The lowest BCUT2D eigenvalue weighted by molar-refractivity contribution is -0.136. The van der Waals surface area contributed by atoms with Crippen LogP contribution in [-0.4, -0.2) is 89.6 Å². The molecule has 1 amide bonds. The molecule has 1 atom stereocenters. The number of morpholine rings is 1. The molecule has 43 heavy (non-hydrogen) atoms. The molecule has 2 aliphatic heterocycles. The maximum atomic E-state index is 15.3. The zero-order chi connectivity index (χ0) is 29.9. The van der Waals surface area contributed by atoms with Crippen molar-refractivity contribution in [3.8, 4) is 11.1 Å². The highest BCUT2D eigenvalue weighted by molar-refractivity contribution is 5.93. The quantitative estimate of drug-likeness (QED) is 0.390. The molecule has 1 aromatic heterocycles. The van der Waals surface area contributed by atoms with E-state index >= 15 is 8.78 Å². The molecule has 3 heterocycles. The molecule has 0 N–H and O–H groups in total. The smallest absolute Gasteiger partial charge is 0.229 e. The van der Waals surface area contributed by atoms with E-state index in [9.17, 15) is 4.79 Å². The fourth-order valence-corrected chi connectivity index (χ4v) is 6.34. The Hall–Kier alpha value is -3.53. The highest BCUT2D eigenvalue weighted by Gasteiger charge is 2.29. The molecule has 0 bridgehead atoms. The van der Waals surface area contributed by atoms with E-state index in [0.717, 1.165) is 56.7 Å². The van der Waals surface area contributed by atoms with Gasteiger partial charge in [0.1, 0.15) is 11.6 Å². The molecular formula is C34H39F2N5O2. The second-order valence-electron chi connectivity index (χ2n) is 11.7. The van der Waals surface area contributed by atoms with Crippen molar-refractivity contribution < 1.29 is 18.3 Å². The van der Waals surface area contributed by atoms with E-state index in [0.29, 0.717) is 54.2 Å². The maximum absolute atomic E-state index is 15.3. The molecule has 1 unspecified atom stereocenters. The Bertz CT molecular complexity index is 1530. The van der Waals surface area contributed by atoms with E-state index in [1.807, 2.05) is 34.9 Å². The fraction of sp³-hybridized carbons (Fsp3) is 0.441. The Kier molecular flexibility index (Phi) is 8.93. The standard InChI is InChI=1S/C34H39F2N5O2/c1-3-39-10-12-41(13-11-39)34(42)26-7-4-6-24(18-23(26)2)32-21-37-31-9-5-8-27(33(31)38-32)25-19-29(35)28(30(36)20-25)22-40-14-16-43-17-15-40/h5-6,8-9,18-21,26H,3-4,7,10-17,22H2,1-2H3. The van der Waals surface area contributed by atoms with Crippen LogP contribution in [0.1, 0.15) is 37.9 Å². The molecule has 7 nitrogen and oxygen atoms in total. The number of hydrogen-bond acceptors (Lipinski definition) is 6. The van der Waals surface area contributed by atoms with Gasteiger partial charge in [-0.05, 0) is 55.6 Å². The maximum Gasteiger partial charge on any atom is 0.229 e. The Morgan fingerprint density at radius 2 is 1.77 bits per heavy atom. The number of fused-ring (bicyclic) bond motifs is 1. The van der Waals surface area contributed by atoms with Crippen LogP contribution in [0.15, 0.2) is 54.3 Å². The van der Waals surface area contributed by atoms with Crippen LogP contribution in [-0.2, 0) is 16.1 Å². The number of rotatable bonds is 6. The van der Waals surface area contributed by atoms with Crippen LogP contribution in [0.2, 0.25) is 0 Å². The number of carbonyl (C=O) groups excluding carboxylic acids is 1. The molecule has 3 aliphatic rings. The SMILES string of the molecule is CCN1CCN(C(=O)C2CCC=C(c3cnc4cccc(-c5cc(F)c(CN6CCOCC6)c(F)c5)c4n3)C=C2C)CC1. The van der Waals surface area contributed by atoms with E-state index in [1.54, 1.807) is 6.20 Å². The average Bonchev–Trinajstić information content (AvgIpc) is 3.23. The summed E-state index contributed by atoms with van der Waals surface area (Å²) in [6.45, 7) is 11.2. The lowest BCUT2D eigenvalue weighted by atomic mass is 9.94. The summed E-state index contributed by atoms with van der Waals surface area (Å²) in [7, 11) is 0. The molecule has 0 saturated carbocycles. The first-order valence-electron chi connectivity index (χ1n) is 15.3. The molecule has 2 aromatic carbocycles. The molecule has 6 rings (SSSR count). The summed E-state index contributed by atoms with van der Waals surface area (Å²) in [5, 5.41) is 0. The first-order chi connectivity index (χ1) is 20.9. The fourth-order valence-electron chi connectivity index (χ4n) is 6.34. The van der Waals surface area contributed by atoms with Crippen molar-refractivity contribution in [2.75, 3.05) is 59.0 Å². The topological polar surface area (TPSA) is 61.8 Å². The van der Waals surface area contributed by atoms with Gasteiger partial charge in [0.05, 0.1) is 42.1 Å². The number of benzene rings is 2. The minimum atomic E-state index is -0.570. The van der Waals surface area contributed by atoms with Crippen LogP contribution in [0.4, 0.5) is 8.78 Å². The average molecular weight is 588 g/mol. The third-order valence-corrected chi connectivity index (χ3v) is 8.99. The van der Waals surface area contributed by atoms with Crippen molar-refractivity contribution in [2.24, 2.45) is 5.92 Å². The van der Waals surface area contributed by atoms with Gasteiger partial charge in [-0.3, -0.25) is 14.7 Å². The van der Waals surface area contributed by atoms with Crippen LogP contribution < -0.4 is 0 Å². The Labute approximate surface area is 251 Å². The third-order valence-electron chi connectivity index (χ3n) is 8.99. The largest absolute Gasteiger partial charge is 0.379 e. The lowest BCUT2D eigenvalue weighted by Crippen LogP contribution is -2.50. The first-order valence-corrected chi connectivity index (χ1v) is 15.3. The number of piperazine rings is 1. The molecule has 3 aromatic rings. The summed E-state index contributed by atoms with van der Waals surface area (Å²) in [4.78, 5) is 29.5. The minimum absolute atomic E-state index is 0.0678.